The van der Waals surface area contributed by atoms with Gasteiger partial charge in [0.05, 0.1) is 11.1 Å². The molecule has 0 radical (unpaired) electrons. The molecule has 2 aliphatic rings. The molecule has 0 bridgehead atoms. The summed E-state index contributed by atoms with van der Waals surface area (Å²) >= 11 is 0. The van der Waals surface area contributed by atoms with Gasteiger partial charge in [-0.2, -0.15) is 0 Å². The quantitative estimate of drug-likeness (QED) is 0.864. The van der Waals surface area contributed by atoms with Crippen LogP contribution in [0.25, 0.3) is 0 Å². The van der Waals surface area contributed by atoms with Crippen LogP contribution in [-0.4, -0.2) is 50.6 Å². The lowest BCUT2D eigenvalue weighted by Crippen LogP contribution is -2.24. The zero-order chi connectivity index (χ0) is 19.1. The van der Waals surface area contributed by atoms with Gasteiger partial charge < -0.3 is 10.2 Å². The average Bonchev–Trinajstić information content (AvgIpc) is 3.18. The zero-order valence-electron chi connectivity index (χ0n) is 14.7. The number of nitrogens with zero attached hydrogens (tertiary/aromatic N) is 2. The Hall–Kier alpha value is -2.93. The van der Waals surface area contributed by atoms with E-state index in [4.69, 9.17) is 0 Å². The molecule has 7 heteroatoms. The number of carbonyl (C=O) groups is 3. The first-order valence-corrected chi connectivity index (χ1v) is 8.97. The molecular weight excluding hydrogens is 348 g/mol. The van der Waals surface area contributed by atoms with Crippen molar-refractivity contribution in [3.05, 3.63) is 58.9 Å². The molecule has 1 aromatic heterocycles. The Balaban J connectivity index is 1.64. The Morgan fingerprint density at radius 1 is 1.11 bits per heavy atom. The summed E-state index contributed by atoms with van der Waals surface area (Å²) in [7, 11) is 0. The highest BCUT2D eigenvalue weighted by Gasteiger charge is 2.43. The lowest BCUT2D eigenvalue weighted by molar-refractivity contribution is 0.0690. The number of carboxylic acids is 1. The van der Waals surface area contributed by atoms with Crippen LogP contribution in [0.5, 0.6) is 0 Å². The molecule has 2 unspecified atom stereocenters. The Bertz CT molecular complexity index is 918. The maximum atomic E-state index is 13.2. The summed E-state index contributed by atoms with van der Waals surface area (Å²) < 4.78 is 0.902. The highest BCUT2D eigenvalue weighted by atomic mass is 16.4. The van der Waals surface area contributed by atoms with Crippen LogP contribution in [0.2, 0.25) is 0 Å². The molecular formula is C20H20N2O5. The average molecular weight is 368 g/mol. The molecule has 140 valence electrons. The molecule has 2 heterocycles. The van der Waals surface area contributed by atoms with Crippen LogP contribution in [0.4, 0.5) is 4.79 Å². The Labute approximate surface area is 155 Å². The first-order valence-electron chi connectivity index (χ1n) is 8.97. The summed E-state index contributed by atoms with van der Waals surface area (Å²) in [6.07, 6.45) is 0.861. The number of fused-ring (bicyclic) bond motifs is 2. The van der Waals surface area contributed by atoms with Crippen molar-refractivity contribution in [1.29, 1.82) is 0 Å². The summed E-state index contributed by atoms with van der Waals surface area (Å²) in [5, 5.41) is 18.8. The fourth-order valence-corrected chi connectivity index (χ4v) is 4.43. The molecule has 1 aromatic carbocycles. The summed E-state index contributed by atoms with van der Waals surface area (Å²) in [4.78, 5) is 38.5. The van der Waals surface area contributed by atoms with Crippen LogP contribution >= 0.6 is 0 Å². The molecule has 27 heavy (non-hydrogen) atoms. The zero-order valence-corrected chi connectivity index (χ0v) is 14.7. The molecule has 1 aliphatic carbocycles. The van der Waals surface area contributed by atoms with Crippen LogP contribution in [0.3, 0.4) is 0 Å². The lowest BCUT2D eigenvalue weighted by atomic mass is 9.88. The molecule has 7 nitrogen and oxygen atoms in total. The van der Waals surface area contributed by atoms with E-state index in [1.54, 1.807) is 0 Å². The van der Waals surface area contributed by atoms with Crippen LogP contribution < -0.4 is 0 Å². The van der Waals surface area contributed by atoms with Gasteiger partial charge >= 0.3 is 12.1 Å². The Morgan fingerprint density at radius 2 is 1.85 bits per heavy atom. The third-order valence-corrected chi connectivity index (χ3v) is 5.64. The standard InChI is InChI=1S/C20H20N2O5/c23-18-14-10-21(8-12-4-2-1-3-5-12)9-13(14)6-7-16-17(18)15(19(24)25)11-22(16)20(26)27/h1-5,11,13-14H,6-10H2,(H,24,25)(H,26,27). The molecule has 2 N–H and O–H groups in total. The molecule has 4 rings (SSSR count). The normalized spacial score (nSPS) is 22.1. The second kappa shape index (κ2) is 6.66. The van der Waals surface area contributed by atoms with Gasteiger partial charge in [-0.3, -0.25) is 14.3 Å². The van der Waals surface area contributed by atoms with Crippen molar-refractivity contribution in [2.45, 2.75) is 19.4 Å². The minimum Gasteiger partial charge on any atom is -0.478 e. The highest BCUT2D eigenvalue weighted by Crippen LogP contribution is 2.37. The molecule has 2 aromatic rings. The molecule has 2 atom stereocenters. The van der Waals surface area contributed by atoms with Gasteiger partial charge in [0, 0.05) is 37.4 Å². The number of ketones is 1. The van der Waals surface area contributed by atoms with Crippen LogP contribution in [0, 0.1) is 11.8 Å². The van der Waals surface area contributed by atoms with Crippen LogP contribution in [0.1, 0.15) is 38.4 Å². The number of aromatic carboxylic acids is 1. The first-order chi connectivity index (χ1) is 13.0. The molecule has 0 spiro atoms. The van der Waals surface area contributed by atoms with Gasteiger partial charge in [-0.05, 0) is 24.3 Å². The van der Waals surface area contributed by atoms with Crippen LogP contribution in [-0.2, 0) is 13.0 Å². The molecule has 0 amide bonds. The third kappa shape index (κ3) is 3.04. The summed E-state index contributed by atoms with van der Waals surface area (Å²) in [5.41, 5.74) is 1.36. The predicted octanol–water partition coefficient (Wildman–Crippen LogP) is 2.59. The number of Topliss-reactive ketones (excluding diaryl/α,β-unsaturated/α-hetero) is 1. The number of hydrogen-bond donors (Lipinski definition) is 2. The van der Waals surface area contributed by atoms with E-state index in [0.29, 0.717) is 25.1 Å². The summed E-state index contributed by atoms with van der Waals surface area (Å²) in [5.74, 6) is -1.69. The smallest absolute Gasteiger partial charge is 0.415 e. The van der Waals surface area contributed by atoms with Crippen molar-refractivity contribution in [1.82, 2.24) is 9.47 Å². The van der Waals surface area contributed by atoms with Crippen molar-refractivity contribution < 1.29 is 24.6 Å². The number of rotatable bonds is 3. The molecule has 0 saturated carbocycles. The van der Waals surface area contributed by atoms with Gasteiger partial charge in [-0.25, -0.2) is 9.59 Å². The maximum absolute atomic E-state index is 13.2. The van der Waals surface area contributed by atoms with Crippen LogP contribution in [0.15, 0.2) is 36.5 Å². The first kappa shape index (κ1) is 17.5. The molecule has 1 fully saturated rings. The van der Waals surface area contributed by atoms with E-state index in [1.807, 2.05) is 30.3 Å². The minimum absolute atomic E-state index is 0.0824. The largest absolute Gasteiger partial charge is 0.478 e. The third-order valence-electron chi connectivity index (χ3n) is 5.64. The van der Waals surface area contributed by atoms with E-state index in [2.05, 4.69) is 4.90 Å². The van der Waals surface area contributed by atoms with E-state index >= 15 is 0 Å². The number of aromatic nitrogens is 1. The van der Waals surface area contributed by atoms with Gasteiger partial charge in [0.15, 0.2) is 5.78 Å². The topological polar surface area (TPSA) is 99.8 Å². The number of carbonyl (C=O) groups excluding carboxylic acids is 1. The van der Waals surface area contributed by atoms with Crippen molar-refractivity contribution >= 4 is 17.8 Å². The van der Waals surface area contributed by atoms with Crippen molar-refractivity contribution in [2.24, 2.45) is 11.8 Å². The summed E-state index contributed by atoms with van der Waals surface area (Å²) in [6.45, 7) is 2.07. The van der Waals surface area contributed by atoms with Gasteiger partial charge in [0.2, 0.25) is 0 Å². The number of benzene rings is 1. The van der Waals surface area contributed by atoms with Gasteiger partial charge in [0.1, 0.15) is 0 Å². The maximum Gasteiger partial charge on any atom is 0.415 e. The fourth-order valence-electron chi connectivity index (χ4n) is 4.43. The number of likely N-dealkylation sites (tertiary alicyclic amines) is 1. The van der Waals surface area contributed by atoms with E-state index in [0.717, 1.165) is 23.9 Å². The van der Waals surface area contributed by atoms with Crippen molar-refractivity contribution in [3.63, 3.8) is 0 Å². The molecule has 1 aliphatic heterocycles. The number of hydrogen-bond acceptors (Lipinski definition) is 4. The Kier molecular flexibility index (Phi) is 4.31. The SMILES string of the molecule is O=C(O)c1cn(C(=O)O)c2c1C(=O)C1CN(Cc3ccccc3)CC1CC2. The van der Waals surface area contributed by atoms with E-state index < -0.39 is 12.1 Å². The van der Waals surface area contributed by atoms with Gasteiger partial charge in [0.25, 0.3) is 0 Å². The predicted molar refractivity (Wildman–Crippen MR) is 96.2 cm³/mol. The minimum atomic E-state index is -1.27. The second-order valence-corrected chi connectivity index (χ2v) is 7.27. The van der Waals surface area contributed by atoms with Gasteiger partial charge in [-0.15, -0.1) is 0 Å². The van der Waals surface area contributed by atoms with E-state index in [-0.39, 0.29) is 28.7 Å². The highest BCUT2D eigenvalue weighted by molar-refractivity contribution is 6.09. The lowest BCUT2D eigenvalue weighted by Gasteiger charge is -2.16. The summed E-state index contributed by atoms with van der Waals surface area (Å²) in [6, 6.07) is 10.0. The second-order valence-electron chi connectivity index (χ2n) is 7.27. The molecule has 1 saturated heterocycles. The van der Waals surface area contributed by atoms with Crippen molar-refractivity contribution in [3.8, 4) is 0 Å². The van der Waals surface area contributed by atoms with E-state index in [1.165, 1.54) is 5.56 Å². The fraction of sp³-hybridized carbons (Fsp3) is 0.350. The van der Waals surface area contributed by atoms with Crippen molar-refractivity contribution in [2.75, 3.05) is 13.1 Å². The van der Waals surface area contributed by atoms with E-state index in [9.17, 15) is 24.6 Å². The monoisotopic (exact) mass is 368 g/mol. The van der Waals surface area contributed by atoms with Gasteiger partial charge in [-0.1, -0.05) is 30.3 Å². The number of carboxylic acid groups (broad SMARTS) is 2. The Morgan fingerprint density at radius 3 is 2.52 bits per heavy atom.